The molecule has 11 aromatic carbocycles. The van der Waals surface area contributed by atoms with Crippen LogP contribution >= 0.6 is 0 Å². The number of furan rings is 1. The second kappa shape index (κ2) is 14.1. The van der Waals surface area contributed by atoms with Crippen molar-refractivity contribution in [2.45, 2.75) is 0 Å². The van der Waals surface area contributed by atoms with Gasteiger partial charge in [-0.05, 0) is 116 Å². The normalized spacial score (nSPS) is 11.8. The fourth-order valence-corrected chi connectivity index (χ4v) is 9.97. The second-order valence-corrected chi connectivity index (χ2v) is 16.5. The maximum Gasteiger partial charge on any atom is 0.143 e. The van der Waals surface area contributed by atoms with Crippen molar-refractivity contribution >= 4 is 93.1 Å². The van der Waals surface area contributed by atoms with Crippen LogP contribution in [0.1, 0.15) is 0 Å². The number of nitrogens with zero attached hydrogens (tertiary/aromatic N) is 2. The molecule has 0 amide bonds. The molecule has 2 aromatic heterocycles. The Morgan fingerprint density at radius 2 is 0.921 bits per heavy atom. The zero-order valence-corrected chi connectivity index (χ0v) is 34.2. The first kappa shape index (κ1) is 35.4. The summed E-state index contributed by atoms with van der Waals surface area (Å²) in [7, 11) is 0. The van der Waals surface area contributed by atoms with Gasteiger partial charge in [-0.25, -0.2) is 0 Å². The van der Waals surface area contributed by atoms with Crippen molar-refractivity contribution in [1.82, 2.24) is 4.57 Å². The van der Waals surface area contributed by atoms with E-state index in [9.17, 15) is 0 Å². The van der Waals surface area contributed by atoms with Crippen molar-refractivity contribution < 1.29 is 4.42 Å². The SMILES string of the molecule is c1cc(-c2ccc(N(c3ccc4ccc5ccccc5c4c3)c3ccccc3-c3ccc4c(c3)oc3c5ccccc5ccc43)cc2)cc(-n2c3ccccc3c3ccccc32)c1. The van der Waals surface area contributed by atoms with Gasteiger partial charge in [0.05, 0.1) is 16.7 Å². The fraction of sp³-hybridized carbons (Fsp3) is 0. The molecule has 0 unspecified atom stereocenters. The van der Waals surface area contributed by atoms with Crippen LogP contribution in [-0.2, 0) is 0 Å². The van der Waals surface area contributed by atoms with Gasteiger partial charge in [-0.15, -0.1) is 0 Å². The van der Waals surface area contributed by atoms with E-state index in [2.05, 4.69) is 240 Å². The van der Waals surface area contributed by atoms with Gasteiger partial charge < -0.3 is 13.9 Å². The molecule has 0 aliphatic rings. The lowest BCUT2D eigenvalue weighted by Crippen LogP contribution is -2.11. The third-order valence-corrected chi connectivity index (χ3v) is 13.0. The Labute approximate surface area is 363 Å². The first-order chi connectivity index (χ1) is 31.2. The molecule has 0 N–H and O–H groups in total. The van der Waals surface area contributed by atoms with Crippen LogP contribution in [0.5, 0.6) is 0 Å². The molecule has 13 aromatic rings. The molecule has 0 bridgehead atoms. The van der Waals surface area contributed by atoms with Crippen molar-refractivity contribution in [2.75, 3.05) is 4.90 Å². The molecule has 0 atom stereocenters. The highest BCUT2D eigenvalue weighted by Gasteiger charge is 2.20. The van der Waals surface area contributed by atoms with Crippen LogP contribution in [-0.4, -0.2) is 4.57 Å². The van der Waals surface area contributed by atoms with E-state index in [1.807, 2.05) is 0 Å². The first-order valence-electron chi connectivity index (χ1n) is 21.6. The predicted octanol–water partition coefficient (Wildman–Crippen LogP) is 16.9. The summed E-state index contributed by atoms with van der Waals surface area (Å²) in [5.41, 5.74) is 13.1. The number of rotatable bonds is 6. The number of aromatic nitrogens is 1. The zero-order valence-electron chi connectivity index (χ0n) is 34.2. The van der Waals surface area contributed by atoms with Gasteiger partial charge in [0.25, 0.3) is 0 Å². The molecule has 3 heteroatoms. The van der Waals surface area contributed by atoms with Crippen molar-refractivity contribution in [3.63, 3.8) is 0 Å². The van der Waals surface area contributed by atoms with Crippen molar-refractivity contribution in [1.29, 1.82) is 0 Å². The molecule has 63 heavy (non-hydrogen) atoms. The van der Waals surface area contributed by atoms with E-state index in [1.165, 1.54) is 48.7 Å². The molecular formula is C60H38N2O. The Hall–Kier alpha value is -8.40. The van der Waals surface area contributed by atoms with Crippen LogP contribution in [0.15, 0.2) is 235 Å². The van der Waals surface area contributed by atoms with Crippen LogP contribution in [0.4, 0.5) is 17.1 Å². The fourth-order valence-electron chi connectivity index (χ4n) is 9.97. The average molecular weight is 803 g/mol. The van der Waals surface area contributed by atoms with Crippen molar-refractivity contribution in [3.8, 4) is 27.9 Å². The predicted molar refractivity (Wildman–Crippen MR) is 266 cm³/mol. The van der Waals surface area contributed by atoms with Gasteiger partial charge in [0.15, 0.2) is 0 Å². The van der Waals surface area contributed by atoms with Crippen molar-refractivity contribution in [2.24, 2.45) is 0 Å². The van der Waals surface area contributed by atoms with Crippen molar-refractivity contribution in [3.05, 3.63) is 231 Å². The van der Waals surface area contributed by atoms with E-state index in [-0.39, 0.29) is 0 Å². The maximum atomic E-state index is 6.70. The van der Waals surface area contributed by atoms with Crippen LogP contribution in [0.3, 0.4) is 0 Å². The van der Waals surface area contributed by atoms with E-state index in [4.69, 9.17) is 4.42 Å². The molecule has 294 valence electrons. The summed E-state index contributed by atoms with van der Waals surface area (Å²) in [5.74, 6) is 0. The summed E-state index contributed by atoms with van der Waals surface area (Å²) in [5, 5.41) is 12.0. The van der Waals surface area contributed by atoms with Gasteiger partial charge in [-0.1, -0.05) is 158 Å². The molecule has 0 spiro atoms. The maximum absolute atomic E-state index is 6.70. The van der Waals surface area contributed by atoms with Gasteiger partial charge >= 0.3 is 0 Å². The highest BCUT2D eigenvalue weighted by molar-refractivity contribution is 6.16. The Kier molecular flexibility index (Phi) is 7.91. The molecule has 2 heterocycles. The molecule has 0 saturated heterocycles. The lowest BCUT2D eigenvalue weighted by molar-refractivity contribution is 0.673. The number of anilines is 3. The smallest absolute Gasteiger partial charge is 0.143 e. The summed E-state index contributed by atoms with van der Waals surface area (Å²) in [6.45, 7) is 0. The zero-order chi connectivity index (χ0) is 41.4. The van der Waals surface area contributed by atoms with E-state index in [0.717, 1.165) is 72.3 Å². The van der Waals surface area contributed by atoms with E-state index >= 15 is 0 Å². The van der Waals surface area contributed by atoms with Gasteiger partial charge in [-0.2, -0.15) is 0 Å². The summed E-state index contributed by atoms with van der Waals surface area (Å²) < 4.78 is 9.09. The highest BCUT2D eigenvalue weighted by Crippen LogP contribution is 2.44. The minimum Gasteiger partial charge on any atom is -0.455 e. The number of para-hydroxylation sites is 3. The third-order valence-electron chi connectivity index (χ3n) is 13.0. The quantitative estimate of drug-likeness (QED) is 0.156. The van der Waals surface area contributed by atoms with Gasteiger partial charge in [0, 0.05) is 49.6 Å². The van der Waals surface area contributed by atoms with Crippen LogP contribution in [0.2, 0.25) is 0 Å². The summed E-state index contributed by atoms with van der Waals surface area (Å²) in [6, 6.07) is 83.6. The lowest BCUT2D eigenvalue weighted by atomic mass is 9.98. The Bertz CT molecular complexity index is 3870. The summed E-state index contributed by atoms with van der Waals surface area (Å²) in [4.78, 5) is 2.41. The topological polar surface area (TPSA) is 21.3 Å². The first-order valence-corrected chi connectivity index (χ1v) is 21.6. The lowest BCUT2D eigenvalue weighted by Gasteiger charge is -2.28. The van der Waals surface area contributed by atoms with E-state index in [0.29, 0.717) is 0 Å². The Morgan fingerprint density at radius 3 is 1.71 bits per heavy atom. The van der Waals surface area contributed by atoms with E-state index in [1.54, 1.807) is 0 Å². The third kappa shape index (κ3) is 5.67. The minimum absolute atomic E-state index is 0.880. The molecule has 0 saturated carbocycles. The van der Waals surface area contributed by atoms with Gasteiger partial charge in [0.1, 0.15) is 11.2 Å². The van der Waals surface area contributed by atoms with Crippen LogP contribution in [0.25, 0.3) is 104 Å². The van der Waals surface area contributed by atoms with E-state index < -0.39 is 0 Å². The molecule has 13 rings (SSSR count). The minimum atomic E-state index is 0.880. The second-order valence-electron chi connectivity index (χ2n) is 16.5. The molecule has 0 aliphatic carbocycles. The largest absolute Gasteiger partial charge is 0.455 e. The summed E-state index contributed by atoms with van der Waals surface area (Å²) in [6.07, 6.45) is 0. The molecule has 3 nitrogen and oxygen atoms in total. The summed E-state index contributed by atoms with van der Waals surface area (Å²) >= 11 is 0. The standard InChI is InChI=1S/C60H38N2O/c1-3-16-48-40(12-1)24-25-42-28-33-47(38-55(42)48)61(56-21-8-5-17-49(56)44-30-34-53-54-35-29-41-13-2-4-18-50(41)60(54)63-59(53)37-44)45-31-26-39(27-32-45)43-14-11-15-46(36-43)62-57-22-9-6-19-51(57)52-20-7-10-23-58(52)62/h1-38H. The number of hydrogen-bond acceptors (Lipinski definition) is 2. The molecule has 0 radical (unpaired) electrons. The highest BCUT2D eigenvalue weighted by atomic mass is 16.3. The number of hydrogen-bond donors (Lipinski definition) is 0. The Morgan fingerprint density at radius 1 is 0.333 bits per heavy atom. The van der Waals surface area contributed by atoms with Crippen LogP contribution < -0.4 is 4.90 Å². The van der Waals surface area contributed by atoms with Crippen LogP contribution in [0, 0.1) is 0 Å². The monoisotopic (exact) mass is 802 g/mol. The Balaban J connectivity index is 0.959. The van der Waals surface area contributed by atoms with Gasteiger partial charge in [0.2, 0.25) is 0 Å². The average Bonchev–Trinajstić information content (AvgIpc) is 3.90. The molecular weight excluding hydrogens is 765 g/mol. The molecule has 0 aliphatic heterocycles. The molecule has 0 fully saturated rings. The number of fused-ring (bicyclic) bond motifs is 11. The van der Waals surface area contributed by atoms with Gasteiger partial charge in [-0.3, -0.25) is 0 Å². The number of benzene rings is 11.